The second-order valence-corrected chi connectivity index (χ2v) is 4.97. The highest BCUT2D eigenvalue weighted by Gasteiger charge is 2.19. The van der Waals surface area contributed by atoms with Crippen molar-refractivity contribution in [1.29, 1.82) is 0 Å². The zero-order valence-corrected chi connectivity index (χ0v) is 12.5. The van der Waals surface area contributed by atoms with Gasteiger partial charge in [0.1, 0.15) is 11.5 Å². The molecule has 0 saturated heterocycles. The predicted molar refractivity (Wildman–Crippen MR) is 83.5 cm³/mol. The second-order valence-electron chi connectivity index (χ2n) is 4.97. The van der Waals surface area contributed by atoms with Crippen LogP contribution in [0.5, 0.6) is 11.5 Å². The van der Waals surface area contributed by atoms with E-state index < -0.39 is 0 Å². The highest BCUT2D eigenvalue weighted by Crippen LogP contribution is 2.25. The van der Waals surface area contributed by atoms with Gasteiger partial charge in [0, 0.05) is 12.2 Å². The lowest BCUT2D eigenvalue weighted by molar-refractivity contribution is 0.175. The monoisotopic (exact) mass is 286 g/mol. The molecule has 2 N–H and O–H groups in total. The van der Waals surface area contributed by atoms with Crippen LogP contribution in [-0.4, -0.2) is 17.6 Å². The Morgan fingerprint density at radius 3 is 2.38 bits per heavy atom. The number of hydrogen-bond donors (Lipinski definition) is 1. The minimum atomic E-state index is -0.270. The summed E-state index contributed by atoms with van der Waals surface area (Å²) in [4.78, 5) is 4.32. The van der Waals surface area contributed by atoms with E-state index in [9.17, 15) is 0 Å². The van der Waals surface area contributed by atoms with Gasteiger partial charge in [0.2, 0.25) is 0 Å². The molecule has 0 aliphatic carbocycles. The summed E-state index contributed by atoms with van der Waals surface area (Å²) in [5.74, 6) is 1.60. The molecule has 2 rings (SSSR count). The summed E-state index contributed by atoms with van der Waals surface area (Å²) in [5.41, 5.74) is 6.85. The van der Waals surface area contributed by atoms with Crippen LogP contribution in [0.1, 0.15) is 32.1 Å². The van der Waals surface area contributed by atoms with Crippen LogP contribution in [0.4, 0.5) is 0 Å². The fourth-order valence-corrected chi connectivity index (χ4v) is 1.96. The largest absolute Gasteiger partial charge is 0.494 e. The van der Waals surface area contributed by atoms with Crippen LogP contribution in [0.25, 0.3) is 0 Å². The van der Waals surface area contributed by atoms with E-state index in [0.29, 0.717) is 0 Å². The van der Waals surface area contributed by atoms with Gasteiger partial charge in [-0.2, -0.15) is 0 Å². The van der Waals surface area contributed by atoms with Crippen molar-refractivity contribution in [3.8, 4) is 11.5 Å². The van der Waals surface area contributed by atoms with Crippen molar-refractivity contribution in [2.45, 2.75) is 32.4 Å². The number of nitrogens with two attached hydrogens (primary N) is 1. The first-order valence-corrected chi connectivity index (χ1v) is 7.26. The molecule has 1 aromatic heterocycles. The van der Waals surface area contributed by atoms with Gasteiger partial charge in [-0.25, -0.2) is 0 Å². The summed E-state index contributed by atoms with van der Waals surface area (Å²) < 4.78 is 11.5. The minimum absolute atomic E-state index is 0.157. The van der Waals surface area contributed by atoms with Gasteiger partial charge in [0.15, 0.2) is 6.10 Å². The summed E-state index contributed by atoms with van der Waals surface area (Å²) in [7, 11) is 0. The van der Waals surface area contributed by atoms with Crippen molar-refractivity contribution in [2.24, 2.45) is 5.73 Å². The number of nitrogens with zero attached hydrogens (tertiary/aromatic N) is 1. The lowest BCUT2D eigenvalue weighted by Crippen LogP contribution is -2.29. The van der Waals surface area contributed by atoms with Crippen molar-refractivity contribution in [2.75, 3.05) is 6.61 Å². The fraction of sp³-hybridized carbons (Fsp3) is 0.353. The lowest BCUT2D eigenvalue weighted by Gasteiger charge is -2.22. The van der Waals surface area contributed by atoms with Gasteiger partial charge in [-0.3, -0.25) is 4.98 Å². The van der Waals surface area contributed by atoms with E-state index in [0.717, 1.165) is 30.2 Å². The molecule has 2 unspecified atom stereocenters. The molecule has 0 saturated carbocycles. The topological polar surface area (TPSA) is 57.4 Å². The Hall–Kier alpha value is -2.07. The van der Waals surface area contributed by atoms with Crippen LogP contribution in [0, 0.1) is 0 Å². The Kier molecular flexibility index (Phi) is 5.58. The number of hydrogen-bond acceptors (Lipinski definition) is 4. The van der Waals surface area contributed by atoms with Gasteiger partial charge in [0.25, 0.3) is 0 Å². The Balaban J connectivity index is 2.07. The van der Waals surface area contributed by atoms with Gasteiger partial charge in [-0.15, -0.1) is 0 Å². The van der Waals surface area contributed by atoms with Crippen LogP contribution in [0.15, 0.2) is 48.7 Å². The van der Waals surface area contributed by atoms with E-state index in [2.05, 4.69) is 11.9 Å². The third-order valence-electron chi connectivity index (χ3n) is 3.02. The van der Waals surface area contributed by atoms with Gasteiger partial charge in [0.05, 0.1) is 12.3 Å². The zero-order chi connectivity index (χ0) is 15.1. The number of benzene rings is 1. The SMILES string of the molecule is CCCOc1ccc(OC(c2ccccn2)C(C)N)cc1. The Bertz CT molecular complexity index is 526. The Morgan fingerprint density at radius 2 is 1.81 bits per heavy atom. The average Bonchev–Trinajstić information content (AvgIpc) is 2.52. The van der Waals surface area contributed by atoms with E-state index in [1.165, 1.54) is 0 Å². The van der Waals surface area contributed by atoms with Gasteiger partial charge in [-0.05, 0) is 49.7 Å². The minimum Gasteiger partial charge on any atom is -0.494 e. The van der Waals surface area contributed by atoms with E-state index in [1.807, 2.05) is 49.4 Å². The number of ether oxygens (including phenoxy) is 2. The summed E-state index contributed by atoms with van der Waals surface area (Å²) in [6.07, 6.45) is 2.47. The lowest BCUT2D eigenvalue weighted by atomic mass is 10.1. The normalized spacial score (nSPS) is 13.5. The molecule has 0 bridgehead atoms. The van der Waals surface area contributed by atoms with E-state index in [1.54, 1.807) is 6.20 Å². The van der Waals surface area contributed by atoms with Crippen molar-refractivity contribution >= 4 is 0 Å². The standard InChI is InChI=1S/C17H22N2O2/c1-3-12-20-14-7-9-15(10-8-14)21-17(13(2)18)16-6-4-5-11-19-16/h4-11,13,17H,3,12,18H2,1-2H3. The van der Waals surface area contributed by atoms with Crippen molar-refractivity contribution < 1.29 is 9.47 Å². The molecular weight excluding hydrogens is 264 g/mol. The van der Waals surface area contributed by atoms with Crippen LogP contribution in [0.3, 0.4) is 0 Å². The fourth-order valence-electron chi connectivity index (χ4n) is 1.96. The molecule has 4 nitrogen and oxygen atoms in total. The third kappa shape index (κ3) is 4.46. The summed E-state index contributed by atoms with van der Waals surface area (Å²) in [6, 6.07) is 13.2. The Morgan fingerprint density at radius 1 is 1.10 bits per heavy atom. The van der Waals surface area contributed by atoms with Gasteiger partial charge < -0.3 is 15.2 Å². The molecule has 1 heterocycles. The first-order chi connectivity index (χ1) is 10.2. The second kappa shape index (κ2) is 7.64. The average molecular weight is 286 g/mol. The van der Waals surface area contributed by atoms with Gasteiger partial charge in [-0.1, -0.05) is 13.0 Å². The van der Waals surface area contributed by atoms with Crippen LogP contribution in [0.2, 0.25) is 0 Å². The van der Waals surface area contributed by atoms with Crippen molar-refractivity contribution in [1.82, 2.24) is 4.98 Å². The molecule has 0 spiro atoms. The van der Waals surface area contributed by atoms with Crippen LogP contribution < -0.4 is 15.2 Å². The van der Waals surface area contributed by atoms with Crippen LogP contribution >= 0.6 is 0 Å². The molecule has 0 aliphatic rings. The number of rotatable bonds is 7. The molecule has 2 atom stereocenters. The number of aromatic nitrogens is 1. The smallest absolute Gasteiger partial charge is 0.155 e. The predicted octanol–water partition coefficient (Wildman–Crippen LogP) is 3.34. The quantitative estimate of drug-likeness (QED) is 0.848. The highest BCUT2D eigenvalue weighted by molar-refractivity contribution is 5.32. The summed E-state index contributed by atoms with van der Waals surface area (Å²) in [5, 5.41) is 0. The summed E-state index contributed by atoms with van der Waals surface area (Å²) in [6.45, 7) is 4.71. The summed E-state index contributed by atoms with van der Waals surface area (Å²) >= 11 is 0. The molecule has 0 radical (unpaired) electrons. The molecule has 0 fully saturated rings. The Labute approximate surface area is 125 Å². The molecule has 21 heavy (non-hydrogen) atoms. The van der Waals surface area contributed by atoms with Crippen molar-refractivity contribution in [3.63, 3.8) is 0 Å². The molecular formula is C17H22N2O2. The zero-order valence-electron chi connectivity index (χ0n) is 12.5. The third-order valence-corrected chi connectivity index (χ3v) is 3.02. The molecule has 4 heteroatoms. The van der Waals surface area contributed by atoms with Crippen LogP contribution in [-0.2, 0) is 0 Å². The van der Waals surface area contributed by atoms with E-state index in [-0.39, 0.29) is 12.1 Å². The van der Waals surface area contributed by atoms with E-state index in [4.69, 9.17) is 15.2 Å². The molecule has 112 valence electrons. The number of pyridine rings is 1. The van der Waals surface area contributed by atoms with Crippen molar-refractivity contribution in [3.05, 3.63) is 54.4 Å². The van der Waals surface area contributed by atoms with E-state index >= 15 is 0 Å². The first kappa shape index (κ1) is 15.3. The maximum absolute atomic E-state index is 6.02. The molecule has 2 aromatic rings. The highest BCUT2D eigenvalue weighted by atomic mass is 16.5. The first-order valence-electron chi connectivity index (χ1n) is 7.26. The van der Waals surface area contributed by atoms with Gasteiger partial charge >= 0.3 is 0 Å². The maximum Gasteiger partial charge on any atom is 0.155 e. The molecule has 0 aliphatic heterocycles. The molecule has 1 aromatic carbocycles. The molecule has 0 amide bonds. The maximum atomic E-state index is 6.02.